The van der Waals surface area contributed by atoms with Gasteiger partial charge in [-0.05, 0) is 45.3 Å². The fourth-order valence-corrected chi connectivity index (χ4v) is 3.17. The lowest BCUT2D eigenvalue weighted by Gasteiger charge is -2.22. The van der Waals surface area contributed by atoms with Gasteiger partial charge in [0.15, 0.2) is 0 Å². The Balaban J connectivity index is 2.09. The molecule has 0 amide bonds. The number of aromatic nitrogens is 2. The van der Waals surface area contributed by atoms with Crippen LogP contribution >= 0.6 is 0 Å². The van der Waals surface area contributed by atoms with Crippen LogP contribution in [0.4, 0.5) is 0 Å². The molecule has 20 heavy (non-hydrogen) atoms. The van der Waals surface area contributed by atoms with Crippen LogP contribution < -0.4 is 5.32 Å². The summed E-state index contributed by atoms with van der Waals surface area (Å²) in [5.74, 6) is 0.590. The van der Waals surface area contributed by atoms with E-state index >= 15 is 0 Å². The molecule has 0 spiro atoms. The van der Waals surface area contributed by atoms with E-state index in [2.05, 4.69) is 50.5 Å². The molecular formula is C17H23N3. The fraction of sp³-hybridized carbons (Fsp3) is 0.471. The van der Waals surface area contributed by atoms with Gasteiger partial charge in [-0.2, -0.15) is 5.10 Å². The molecule has 1 aliphatic rings. The highest BCUT2D eigenvalue weighted by Gasteiger charge is 2.24. The first-order valence-corrected chi connectivity index (χ1v) is 7.48. The van der Waals surface area contributed by atoms with Gasteiger partial charge in [-0.15, -0.1) is 0 Å². The first-order valence-electron chi connectivity index (χ1n) is 7.48. The Morgan fingerprint density at radius 1 is 1.20 bits per heavy atom. The predicted octanol–water partition coefficient (Wildman–Crippen LogP) is 3.17. The molecule has 3 nitrogen and oxygen atoms in total. The van der Waals surface area contributed by atoms with E-state index in [0.717, 1.165) is 13.1 Å². The zero-order valence-corrected chi connectivity index (χ0v) is 12.6. The van der Waals surface area contributed by atoms with E-state index in [4.69, 9.17) is 5.10 Å². The van der Waals surface area contributed by atoms with Crippen molar-refractivity contribution in [1.82, 2.24) is 15.1 Å². The molecule has 0 atom stereocenters. The van der Waals surface area contributed by atoms with E-state index in [1.54, 1.807) is 0 Å². The molecule has 0 aliphatic carbocycles. The number of hydrogen-bond donors (Lipinski definition) is 1. The van der Waals surface area contributed by atoms with Gasteiger partial charge in [0.2, 0.25) is 0 Å². The second-order valence-corrected chi connectivity index (χ2v) is 5.86. The van der Waals surface area contributed by atoms with E-state index in [9.17, 15) is 0 Å². The third kappa shape index (κ3) is 2.38. The van der Waals surface area contributed by atoms with Crippen LogP contribution in [0.15, 0.2) is 24.3 Å². The van der Waals surface area contributed by atoms with Crippen molar-refractivity contribution in [3.05, 3.63) is 41.2 Å². The summed E-state index contributed by atoms with van der Waals surface area (Å²) in [6.45, 7) is 6.54. The van der Waals surface area contributed by atoms with Gasteiger partial charge in [0.05, 0.1) is 5.69 Å². The molecule has 3 rings (SSSR count). The summed E-state index contributed by atoms with van der Waals surface area (Å²) in [5.41, 5.74) is 6.52. The average Bonchev–Trinajstić information content (AvgIpc) is 2.76. The maximum atomic E-state index is 4.83. The van der Waals surface area contributed by atoms with Crippen LogP contribution in [0.25, 0.3) is 11.1 Å². The summed E-state index contributed by atoms with van der Waals surface area (Å²) in [5, 5.41) is 8.27. The number of nitrogens with zero attached hydrogens (tertiary/aromatic N) is 2. The molecule has 1 aromatic heterocycles. The quantitative estimate of drug-likeness (QED) is 0.907. The van der Waals surface area contributed by atoms with Crippen molar-refractivity contribution in [3.8, 4) is 11.1 Å². The lowest BCUT2D eigenvalue weighted by Crippen LogP contribution is -2.27. The molecule has 3 heteroatoms. The number of aryl methyl sites for hydroxylation is 2. The van der Waals surface area contributed by atoms with E-state index in [-0.39, 0.29) is 0 Å². The van der Waals surface area contributed by atoms with Gasteiger partial charge in [-0.25, -0.2) is 0 Å². The normalized spacial score (nSPS) is 16.6. The van der Waals surface area contributed by atoms with E-state index in [0.29, 0.717) is 5.92 Å². The minimum Gasteiger partial charge on any atom is -0.317 e. The number of rotatable bonds is 2. The Hall–Kier alpha value is -1.61. The molecule has 106 valence electrons. The third-order valence-corrected chi connectivity index (χ3v) is 4.39. The van der Waals surface area contributed by atoms with Crippen molar-refractivity contribution in [3.63, 3.8) is 0 Å². The maximum absolute atomic E-state index is 4.83. The van der Waals surface area contributed by atoms with Gasteiger partial charge < -0.3 is 5.32 Å². The van der Waals surface area contributed by atoms with Crippen molar-refractivity contribution < 1.29 is 0 Å². The summed E-state index contributed by atoms with van der Waals surface area (Å²) in [6.07, 6.45) is 2.38. The second kappa shape index (κ2) is 5.41. The number of hydrogen-bond acceptors (Lipinski definition) is 2. The summed E-state index contributed by atoms with van der Waals surface area (Å²) in [4.78, 5) is 0. The van der Waals surface area contributed by atoms with Crippen molar-refractivity contribution in [1.29, 1.82) is 0 Å². The Morgan fingerprint density at radius 2 is 1.95 bits per heavy atom. The summed E-state index contributed by atoms with van der Waals surface area (Å²) in [7, 11) is 2.05. The topological polar surface area (TPSA) is 29.9 Å². The number of benzene rings is 1. The highest BCUT2D eigenvalue weighted by molar-refractivity contribution is 5.70. The third-order valence-electron chi connectivity index (χ3n) is 4.39. The highest BCUT2D eigenvalue weighted by atomic mass is 15.3. The van der Waals surface area contributed by atoms with Crippen LogP contribution in [0, 0.1) is 13.8 Å². The first-order chi connectivity index (χ1) is 9.66. The van der Waals surface area contributed by atoms with Gasteiger partial charge in [0.25, 0.3) is 0 Å². The van der Waals surface area contributed by atoms with Gasteiger partial charge in [0, 0.05) is 24.2 Å². The van der Waals surface area contributed by atoms with Gasteiger partial charge in [-0.1, -0.05) is 29.8 Å². The average molecular weight is 269 g/mol. The van der Waals surface area contributed by atoms with Gasteiger partial charge >= 0.3 is 0 Å². The lowest BCUT2D eigenvalue weighted by molar-refractivity contribution is 0.450. The van der Waals surface area contributed by atoms with Gasteiger partial charge in [0.1, 0.15) is 0 Å². The van der Waals surface area contributed by atoms with Crippen LogP contribution in [0.1, 0.15) is 35.7 Å². The molecule has 1 N–H and O–H groups in total. The van der Waals surface area contributed by atoms with Gasteiger partial charge in [-0.3, -0.25) is 4.68 Å². The molecule has 1 fully saturated rings. The molecule has 1 aliphatic heterocycles. The van der Waals surface area contributed by atoms with E-state index in [1.165, 1.54) is 40.9 Å². The van der Waals surface area contributed by atoms with Crippen LogP contribution in [0.5, 0.6) is 0 Å². The van der Waals surface area contributed by atoms with E-state index < -0.39 is 0 Å². The Morgan fingerprint density at radius 3 is 2.65 bits per heavy atom. The molecule has 0 radical (unpaired) electrons. The second-order valence-electron chi connectivity index (χ2n) is 5.86. The molecule has 0 unspecified atom stereocenters. The predicted molar refractivity (Wildman–Crippen MR) is 83.0 cm³/mol. The lowest BCUT2D eigenvalue weighted by atomic mass is 9.89. The fourth-order valence-electron chi connectivity index (χ4n) is 3.17. The smallest absolute Gasteiger partial charge is 0.0737 e. The van der Waals surface area contributed by atoms with E-state index in [1.807, 2.05) is 4.68 Å². The van der Waals surface area contributed by atoms with Crippen molar-refractivity contribution >= 4 is 0 Å². The number of piperidine rings is 1. The summed E-state index contributed by atoms with van der Waals surface area (Å²) in [6, 6.07) is 8.78. The Bertz CT molecular complexity index is 607. The van der Waals surface area contributed by atoms with Crippen molar-refractivity contribution in [2.75, 3.05) is 13.1 Å². The first kappa shape index (κ1) is 13.4. The molecule has 0 bridgehead atoms. The zero-order valence-electron chi connectivity index (χ0n) is 12.6. The van der Waals surface area contributed by atoms with Crippen LogP contribution in [-0.4, -0.2) is 22.9 Å². The molecule has 1 aromatic carbocycles. The van der Waals surface area contributed by atoms with Crippen LogP contribution in [0.3, 0.4) is 0 Å². The zero-order chi connectivity index (χ0) is 14.1. The SMILES string of the molecule is Cc1cccc(-c2c(C3CCNCC3)nn(C)c2C)c1. The standard InChI is InChI=1S/C17H23N3/c1-12-5-4-6-15(11-12)16-13(2)20(3)19-17(16)14-7-9-18-10-8-14/h4-6,11,14,18H,7-10H2,1-3H3. The summed E-state index contributed by atoms with van der Waals surface area (Å²) < 4.78 is 2.04. The molecule has 2 aromatic rings. The molecular weight excluding hydrogens is 246 g/mol. The molecule has 2 heterocycles. The maximum Gasteiger partial charge on any atom is 0.0737 e. The minimum atomic E-state index is 0.590. The number of nitrogens with one attached hydrogen (secondary N) is 1. The largest absolute Gasteiger partial charge is 0.317 e. The molecule has 0 saturated carbocycles. The minimum absolute atomic E-state index is 0.590. The Kier molecular flexibility index (Phi) is 3.62. The van der Waals surface area contributed by atoms with Crippen LogP contribution in [-0.2, 0) is 7.05 Å². The monoisotopic (exact) mass is 269 g/mol. The van der Waals surface area contributed by atoms with Crippen molar-refractivity contribution in [2.24, 2.45) is 7.05 Å². The van der Waals surface area contributed by atoms with Crippen molar-refractivity contribution in [2.45, 2.75) is 32.6 Å². The summed E-state index contributed by atoms with van der Waals surface area (Å²) >= 11 is 0. The molecule has 1 saturated heterocycles. The van der Waals surface area contributed by atoms with Crippen LogP contribution in [0.2, 0.25) is 0 Å². The Labute approximate surface area is 121 Å². The highest BCUT2D eigenvalue weighted by Crippen LogP contribution is 2.35.